The molecule has 1 aliphatic heterocycles. The Kier molecular flexibility index (Phi) is 3.92. The molecule has 1 unspecified atom stereocenters. The van der Waals surface area contributed by atoms with E-state index >= 15 is 0 Å². The maximum atomic E-state index is 4.01. The highest BCUT2D eigenvalue weighted by Gasteiger charge is 2.06. The molecule has 0 aliphatic carbocycles. The zero-order chi connectivity index (χ0) is 10.3. The van der Waals surface area contributed by atoms with E-state index < -0.39 is 0 Å². The molecule has 0 bridgehead atoms. The summed E-state index contributed by atoms with van der Waals surface area (Å²) in [7, 11) is 0. The van der Waals surface area contributed by atoms with Gasteiger partial charge in [-0.05, 0) is 37.1 Å². The van der Waals surface area contributed by atoms with Crippen molar-refractivity contribution in [3.05, 3.63) is 36.2 Å². The number of pyridine rings is 1. The van der Waals surface area contributed by atoms with Gasteiger partial charge in [0.1, 0.15) is 0 Å². The van der Waals surface area contributed by atoms with Gasteiger partial charge in [-0.15, -0.1) is 0 Å². The third-order valence-corrected chi connectivity index (χ3v) is 2.83. The fourth-order valence-electron chi connectivity index (χ4n) is 1.92. The van der Waals surface area contributed by atoms with Crippen LogP contribution in [0.5, 0.6) is 0 Å². The first-order valence-corrected chi connectivity index (χ1v) is 5.77. The van der Waals surface area contributed by atoms with Crippen LogP contribution in [0.25, 0.3) is 6.08 Å². The van der Waals surface area contributed by atoms with E-state index in [9.17, 15) is 0 Å². The molecule has 1 atom stereocenters. The molecule has 2 rings (SSSR count). The van der Waals surface area contributed by atoms with E-state index in [-0.39, 0.29) is 0 Å². The van der Waals surface area contributed by atoms with Crippen LogP contribution in [0.15, 0.2) is 30.6 Å². The van der Waals surface area contributed by atoms with Gasteiger partial charge in [0, 0.05) is 18.4 Å². The van der Waals surface area contributed by atoms with Crippen LogP contribution >= 0.6 is 0 Å². The first-order chi connectivity index (χ1) is 7.45. The van der Waals surface area contributed by atoms with Crippen molar-refractivity contribution in [1.82, 2.24) is 10.3 Å². The largest absolute Gasteiger partial charge is 0.311 e. The van der Waals surface area contributed by atoms with Crippen molar-refractivity contribution in [2.24, 2.45) is 0 Å². The van der Waals surface area contributed by atoms with Gasteiger partial charge in [0.05, 0.1) is 0 Å². The zero-order valence-corrected chi connectivity index (χ0v) is 9.02. The van der Waals surface area contributed by atoms with Crippen molar-refractivity contribution in [2.45, 2.75) is 31.7 Å². The number of rotatable bonds is 2. The zero-order valence-electron chi connectivity index (χ0n) is 9.02. The Bertz CT molecular complexity index is 298. The fourth-order valence-corrected chi connectivity index (χ4v) is 1.92. The smallest absolute Gasteiger partial charge is 0.0273 e. The molecule has 1 N–H and O–H groups in total. The topological polar surface area (TPSA) is 24.9 Å². The summed E-state index contributed by atoms with van der Waals surface area (Å²) in [4.78, 5) is 4.01. The van der Waals surface area contributed by atoms with Gasteiger partial charge in [0.2, 0.25) is 0 Å². The number of nitrogens with one attached hydrogen (secondary N) is 1. The van der Waals surface area contributed by atoms with Gasteiger partial charge >= 0.3 is 0 Å². The lowest BCUT2D eigenvalue weighted by atomic mass is 10.1. The van der Waals surface area contributed by atoms with Gasteiger partial charge in [-0.1, -0.05) is 25.0 Å². The van der Waals surface area contributed by atoms with Crippen LogP contribution in [0.1, 0.15) is 31.2 Å². The molecule has 15 heavy (non-hydrogen) atoms. The van der Waals surface area contributed by atoms with Crippen LogP contribution in [0.3, 0.4) is 0 Å². The quantitative estimate of drug-likeness (QED) is 0.797. The average Bonchev–Trinajstić information content (AvgIpc) is 2.56. The third kappa shape index (κ3) is 3.48. The Labute approximate surface area is 91.4 Å². The molecule has 0 spiro atoms. The van der Waals surface area contributed by atoms with E-state index in [2.05, 4.69) is 22.5 Å². The molecule has 2 nitrogen and oxygen atoms in total. The van der Waals surface area contributed by atoms with E-state index in [1.165, 1.54) is 31.2 Å². The Morgan fingerprint density at radius 1 is 1.20 bits per heavy atom. The molecule has 80 valence electrons. The molecule has 2 heterocycles. The van der Waals surface area contributed by atoms with Gasteiger partial charge in [0.15, 0.2) is 0 Å². The standard InChI is InChI=1S/C13H18N2/c1-2-4-13(15-9-3-1)6-5-12-7-10-14-11-8-12/h5-8,10-11,13,15H,1-4,9H2/b6-5+. The highest BCUT2D eigenvalue weighted by atomic mass is 14.9. The lowest BCUT2D eigenvalue weighted by molar-refractivity contribution is 0.599. The highest BCUT2D eigenvalue weighted by Crippen LogP contribution is 2.10. The minimum absolute atomic E-state index is 0.556. The minimum Gasteiger partial charge on any atom is -0.311 e. The first kappa shape index (κ1) is 10.4. The molecule has 0 amide bonds. The van der Waals surface area contributed by atoms with Crippen molar-refractivity contribution in [2.75, 3.05) is 6.54 Å². The maximum absolute atomic E-state index is 4.01. The molecule has 0 aromatic carbocycles. The lowest BCUT2D eigenvalue weighted by Crippen LogP contribution is -2.25. The lowest BCUT2D eigenvalue weighted by Gasteiger charge is -2.09. The predicted octanol–water partition coefficient (Wildman–Crippen LogP) is 2.63. The Morgan fingerprint density at radius 3 is 2.93 bits per heavy atom. The van der Waals surface area contributed by atoms with Gasteiger partial charge in [-0.3, -0.25) is 4.98 Å². The van der Waals surface area contributed by atoms with Crippen molar-refractivity contribution < 1.29 is 0 Å². The molecule has 0 radical (unpaired) electrons. The summed E-state index contributed by atoms with van der Waals surface area (Å²) in [6, 6.07) is 4.63. The Balaban J connectivity index is 1.92. The van der Waals surface area contributed by atoms with Crippen LogP contribution in [0.2, 0.25) is 0 Å². The fraction of sp³-hybridized carbons (Fsp3) is 0.462. The van der Waals surface area contributed by atoms with Crippen molar-refractivity contribution in [3.63, 3.8) is 0 Å². The van der Waals surface area contributed by atoms with E-state index in [0.717, 1.165) is 6.54 Å². The molecule has 0 saturated carbocycles. The minimum atomic E-state index is 0.556. The second-order valence-corrected chi connectivity index (χ2v) is 4.05. The normalized spacial score (nSPS) is 22.8. The molecule has 2 heteroatoms. The molecular formula is C13H18N2. The maximum Gasteiger partial charge on any atom is 0.0273 e. The summed E-state index contributed by atoms with van der Waals surface area (Å²) in [6.07, 6.45) is 13.4. The number of nitrogens with zero attached hydrogens (tertiary/aromatic N) is 1. The molecule has 1 aromatic rings. The molecule has 1 saturated heterocycles. The van der Waals surface area contributed by atoms with Gasteiger partial charge < -0.3 is 5.32 Å². The van der Waals surface area contributed by atoms with Gasteiger partial charge in [0.25, 0.3) is 0 Å². The van der Waals surface area contributed by atoms with Crippen molar-refractivity contribution in [1.29, 1.82) is 0 Å². The van der Waals surface area contributed by atoms with Crippen LogP contribution < -0.4 is 5.32 Å². The number of aromatic nitrogens is 1. The molecular weight excluding hydrogens is 184 g/mol. The summed E-state index contributed by atoms with van der Waals surface area (Å²) >= 11 is 0. The summed E-state index contributed by atoms with van der Waals surface area (Å²) in [5.41, 5.74) is 1.23. The van der Waals surface area contributed by atoms with Crippen molar-refractivity contribution >= 4 is 6.08 Å². The molecule has 1 aliphatic rings. The monoisotopic (exact) mass is 202 g/mol. The van der Waals surface area contributed by atoms with E-state index in [1.807, 2.05) is 24.5 Å². The van der Waals surface area contributed by atoms with Crippen LogP contribution in [0.4, 0.5) is 0 Å². The summed E-state index contributed by atoms with van der Waals surface area (Å²) in [5.74, 6) is 0. The molecule has 1 aromatic heterocycles. The van der Waals surface area contributed by atoms with E-state index in [4.69, 9.17) is 0 Å². The number of hydrogen-bond donors (Lipinski definition) is 1. The predicted molar refractivity (Wildman–Crippen MR) is 63.5 cm³/mol. The van der Waals surface area contributed by atoms with Crippen molar-refractivity contribution in [3.8, 4) is 0 Å². The van der Waals surface area contributed by atoms with E-state index in [1.54, 1.807) is 0 Å². The first-order valence-electron chi connectivity index (χ1n) is 5.77. The third-order valence-electron chi connectivity index (χ3n) is 2.83. The highest BCUT2D eigenvalue weighted by molar-refractivity contribution is 5.48. The van der Waals surface area contributed by atoms with Crippen LogP contribution in [-0.2, 0) is 0 Å². The summed E-state index contributed by atoms with van der Waals surface area (Å²) < 4.78 is 0. The number of hydrogen-bond acceptors (Lipinski definition) is 2. The van der Waals surface area contributed by atoms with Gasteiger partial charge in [-0.25, -0.2) is 0 Å². The SMILES string of the molecule is C(=C\C1CCCCCN1)/c1ccncc1. The van der Waals surface area contributed by atoms with E-state index in [0.29, 0.717) is 6.04 Å². The molecule has 1 fully saturated rings. The summed E-state index contributed by atoms with van der Waals surface area (Å²) in [6.45, 7) is 1.16. The second-order valence-electron chi connectivity index (χ2n) is 4.05. The average molecular weight is 202 g/mol. The second kappa shape index (κ2) is 5.66. The Morgan fingerprint density at radius 2 is 2.07 bits per heavy atom. The summed E-state index contributed by atoms with van der Waals surface area (Å²) in [5, 5.41) is 3.55. The van der Waals surface area contributed by atoms with Crippen LogP contribution in [0, 0.1) is 0 Å². The van der Waals surface area contributed by atoms with Gasteiger partial charge in [-0.2, -0.15) is 0 Å². The Hall–Kier alpha value is -1.15. The van der Waals surface area contributed by atoms with Crippen LogP contribution in [-0.4, -0.2) is 17.6 Å².